The zero-order valence-electron chi connectivity index (χ0n) is 60.3. The van der Waals surface area contributed by atoms with Crippen molar-refractivity contribution < 1.29 is 0 Å². The van der Waals surface area contributed by atoms with Gasteiger partial charge in [0.2, 0.25) is 0 Å². The second-order valence-electron chi connectivity index (χ2n) is 28.1. The number of rotatable bonds is 12. The first-order valence-corrected chi connectivity index (χ1v) is 39.2. The van der Waals surface area contributed by atoms with E-state index in [1.165, 1.54) is 95.3 Å². The number of para-hydroxylation sites is 1. The van der Waals surface area contributed by atoms with Gasteiger partial charge in [-0.15, -0.1) is 22.7 Å². The lowest BCUT2D eigenvalue weighted by Gasteiger charge is -2.12. The van der Waals surface area contributed by atoms with Gasteiger partial charge in [0, 0.05) is 107 Å². The van der Waals surface area contributed by atoms with Crippen molar-refractivity contribution in [1.29, 1.82) is 0 Å². The smallest absolute Gasteiger partial charge is 0.164 e. The van der Waals surface area contributed by atoms with Crippen LogP contribution in [0.1, 0.15) is 0 Å². The van der Waals surface area contributed by atoms with Crippen molar-refractivity contribution in [2.45, 2.75) is 0 Å². The van der Waals surface area contributed by atoms with Crippen molar-refractivity contribution in [2.75, 3.05) is 0 Å². The lowest BCUT2D eigenvalue weighted by Crippen LogP contribution is -2.01. The van der Waals surface area contributed by atoms with Crippen molar-refractivity contribution in [3.63, 3.8) is 0 Å². The Morgan fingerprint density at radius 1 is 0.170 bits per heavy atom. The van der Waals surface area contributed by atoms with Crippen LogP contribution in [0.5, 0.6) is 0 Å². The molecule has 22 aromatic rings. The van der Waals surface area contributed by atoms with Crippen molar-refractivity contribution in [1.82, 2.24) is 39.0 Å². The Hall–Kier alpha value is -14.4. The second kappa shape index (κ2) is 28.0. The Bertz CT molecular complexity index is 7320. The van der Waals surface area contributed by atoms with Gasteiger partial charge in [-0.3, -0.25) is 0 Å². The monoisotopic (exact) mass is 1460 g/mol. The van der Waals surface area contributed by atoms with Crippen LogP contribution in [0.2, 0.25) is 0 Å². The van der Waals surface area contributed by atoms with E-state index in [1.807, 2.05) is 120 Å². The SMILES string of the molecule is c1ccc(-c2ccc3c(c2)c2cc(-c4cccc5c4sc4ccccc45)ccc2n3-c2cccc(-c3nc(-c4ccccc4)nc(-c4ccccc4)n3)c2)cc1.c1ccc(-c2cccc(-c3nc(-c4ccccc4)nc(-c4cccc(-n5c6ccccc6c6cc(-c7cccc8c7sc7ccccc78)ccc65)c4)n3)c2)cc1. The molecule has 6 aromatic heterocycles. The number of hydrogen-bond donors (Lipinski definition) is 0. The van der Waals surface area contributed by atoms with Crippen LogP contribution in [0.3, 0.4) is 0 Å². The third-order valence-corrected chi connectivity index (χ3v) is 23.7. The molecule has 0 atom stereocenters. The first kappa shape index (κ1) is 65.8. The van der Waals surface area contributed by atoms with E-state index in [4.69, 9.17) is 29.9 Å². The molecule has 8 nitrogen and oxygen atoms in total. The van der Waals surface area contributed by atoms with Gasteiger partial charge in [0.1, 0.15) is 0 Å². The van der Waals surface area contributed by atoms with Crippen LogP contribution in [0.25, 0.3) is 208 Å². The summed E-state index contributed by atoms with van der Waals surface area (Å²) in [6.07, 6.45) is 0. The zero-order valence-corrected chi connectivity index (χ0v) is 62.0. The van der Waals surface area contributed by atoms with Gasteiger partial charge in [-0.05, 0) is 129 Å². The molecule has 0 radical (unpaired) electrons. The largest absolute Gasteiger partial charge is 0.309 e. The normalized spacial score (nSPS) is 11.6. The quantitative estimate of drug-likeness (QED) is 0.121. The van der Waals surface area contributed by atoms with E-state index in [0.717, 1.165) is 77.9 Å². The highest BCUT2D eigenvalue weighted by Crippen LogP contribution is 2.46. The summed E-state index contributed by atoms with van der Waals surface area (Å²) >= 11 is 3.74. The topological polar surface area (TPSA) is 87.2 Å². The summed E-state index contributed by atoms with van der Waals surface area (Å²) in [5.41, 5.74) is 21.9. The fourth-order valence-electron chi connectivity index (χ4n) is 16.0. The molecule has 0 N–H and O–H groups in total. The third-order valence-electron chi connectivity index (χ3n) is 21.3. The molecule has 0 saturated carbocycles. The maximum atomic E-state index is 5.14. The van der Waals surface area contributed by atoms with Crippen LogP contribution in [0.4, 0.5) is 0 Å². The summed E-state index contributed by atoms with van der Waals surface area (Å²) in [4.78, 5) is 30.3. The molecule has 0 spiro atoms. The average Bonchev–Trinajstić information content (AvgIpc) is 1.59. The molecule has 6 heterocycles. The summed E-state index contributed by atoms with van der Waals surface area (Å²) < 4.78 is 10.0. The van der Waals surface area contributed by atoms with Gasteiger partial charge in [0.25, 0.3) is 0 Å². The van der Waals surface area contributed by atoms with Crippen molar-refractivity contribution in [3.05, 3.63) is 388 Å². The number of thiophene rings is 2. The molecular formula is C102H64N8S2. The van der Waals surface area contributed by atoms with Gasteiger partial charge in [-0.2, -0.15) is 0 Å². The van der Waals surface area contributed by atoms with Gasteiger partial charge in [0.15, 0.2) is 34.9 Å². The lowest BCUT2D eigenvalue weighted by molar-refractivity contribution is 1.07. The predicted octanol–water partition coefficient (Wildman–Crippen LogP) is 27.3. The molecule has 0 saturated heterocycles. The summed E-state index contributed by atoms with van der Waals surface area (Å²) in [5.74, 6) is 3.82. The molecular weight excluding hydrogens is 1400 g/mol. The van der Waals surface area contributed by atoms with Crippen molar-refractivity contribution in [2.24, 2.45) is 0 Å². The third kappa shape index (κ3) is 11.9. The first-order valence-electron chi connectivity index (χ1n) is 37.5. The molecule has 0 unspecified atom stereocenters. The van der Waals surface area contributed by atoms with Crippen molar-refractivity contribution in [3.8, 4) is 124 Å². The summed E-state index contributed by atoms with van der Waals surface area (Å²) in [6.45, 7) is 0. The van der Waals surface area contributed by atoms with Gasteiger partial charge < -0.3 is 9.13 Å². The highest BCUT2D eigenvalue weighted by molar-refractivity contribution is 7.26. The Kier molecular flexibility index (Phi) is 16.4. The molecule has 22 rings (SSSR count). The Balaban J connectivity index is 0.000000141. The number of nitrogens with zero attached hydrogens (tertiary/aromatic N) is 8. The van der Waals surface area contributed by atoms with E-state index < -0.39 is 0 Å². The number of aromatic nitrogens is 8. The fourth-order valence-corrected chi connectivity index (χ4v) is 18.4. The molecule has 0 amide bonds. The molecule has 0 aliphatic carbocycles. The van der Waals surface area contributed by atoms with Crippen LogP contribution in [-0.2, 0) is 0 Å². The number of fused-ring (bicyclic) bond motifs is 12. The van der Waals surface area contributed by atoms with Crippen LogP contribution < -0.4 is 0 Å². The van der Waals surface area contributed by atoms with E-state index in [9.17, 15) is 0 Å². The molecule has 16 aromatic carbocycles. The molecule has 524 valence electrons. The highest BCUT2D eigenvalue weighted by atomic mass is 32.1. The molecule has 0 aliphatic heterocycles. The van der Waals surface area contributed by atoms with Crippen LogP contribution in [0.15, 0.2) is 388 Å². The minimum absolute atomic E-state index is 0.625. The Morgan fingerprint density at radius 3 is 0.893 bits per heavy atom. The first-order chi connectivity index (χ1) is 55.5. The minimum Gasteiger partial charge on any atom is -0.309 e. The average molecular weight is 1470 g/mol. The molecule has 0 fully saturated rings. The molecule has 0 aliphatic rings. The van der Waals surface area contributed by atoms with E-state index in [-0.39, 0.29) is 0 Å². The molecule has 10 heteroatoms. The lowest BCUT2D eigenvalue weighted by atomic mass is 9.99. The van der Waals surface area contributed by atoms with Gasteiger partial charge in [-0.25, -0.2) is 29.9 Å². The van der Waals surface area contributed by atoms with E-state index in [0.29, 0.717) is 34.9 Å². The van der Waals surface area contributed by atoms with Crippen LogP contribution in [0, 0.1) is 0 Å². The van der Waals surface area contributed by atoms with Gasteiger partial charge in [0.05, 0.1) is 22.1 Å². The molecule has 0 bridgehead atoms. The van der Waals surface area contributed by atoms with Gasteiger partial charge >= 0.3 is 0 Å². The highest BCUT2D eigenvalue weighted by Gasteiger charge is 2.22. The second-order valence-corrected chi connectivity index (χ2v) is 30.2. The maximum absolute atomic E-state index is 5.14. The summed E-state index contributed by atoms with van der Waals surface area (Å²) in [7, 11) is 0. The van der Waals surface area contributed by atoms with E-state index in [1.54, 1.807) is 0 Å². The minimum atomic E-state index is 0.625. The molecule has 112 heavy (non-hydrogen) atoms. The predicted molar refractivity (Wildman–Crippen MR) is 468 cm³/mol. The zero-order chi connectivity index (χ0) is 74.0. The number of hydrogen-bond acceptors (Lipinski definition) is 8. The summed E-state index contributed by atoms with van der Waals surface area (Å²) in [6, 6.07) is 137. The Labute approximate surface area is 653 Å². The van der Waals surface area contributed by atoms with Crippen LogP contribution >= 0.6 is 22.7 Å². The standard InChI is InChI=1S/2C51H32N4S/c1-4-14-33(15-5-1)36-26-28-45-43(31-36)44-32-37(40-23-13-24-42-41-22-10-11-25-47(41)56-48(40)42)27-29-46(44)55(45)39-21-12-20-38(30-39)51-53-49(34-16-6-2-7-17-34)52-50(54-51)35-18-8-3-9-19-35;1-3-14-33(15-4-1)35-18-11-19-37(30-35)50-52-49(34-16-5-2-6-17-34)53-51(54-50)38-20-12-21-39(31-38)55-45-26-9-7-22-41(45)44-32-36(28-29-46(44)55)40-24-13-25-43-42-23-8-10-27-47(42)56-48(40)43/h2*1-32H. The van der Waals surface area contributed by atoms with E-state index >= 15 is 0 Å². The van der Waals surface area contributed by atoms with E-state index in [2.05, 4.69) is 300 Å². The Morgan fingerprint density at radius 2 is 0.455 bits per heavy atom. The number of benzene rings is 16. The summed E-state index contributed by atoms with van der Waals surface area (Å²) in [5, 5.41) is 10.1. The maximum Gasteiger partial charge on any atom is 0.164 e. The van der Waals surface area contributed by atoms with Gasteiger partial charge in [-0.1, -0.05) is 303 Å². The van der Waals surface area contributed by atoms with Crippen molar-refractivity contribution >= 4 is 107 Å². The van der Waals surface area contributed by atoms with Crippen LogP contribution in [-0.4, -0.2) is 39.0 Å². The fraction of sp³-hybridized carbons (Fsp3) is 0.